The predicted octanol–water partition coefficient (Wildman–Crippen LogP) is 5.30. The van der Waals surface area contributed by atoms with Gasteiger partial charge in [-0.1, -0.05) is 53.3 Å². The van der Waals surface area contributed by atoms with Crippen molar-refractivity contribution in [2.75, 3.05) is 0 Å². The Balaban J connectivity index is 3.03. The maximum absolute atomic E-state index is 12.8. The van der Waals surface area contributed by atoms with E-state index in [1.165, 1.54) is 0 Å². The van der Waals surface area contributed by atoms with Gasteiger partial charge in [0.15, 0.2) is 5.12 Å². The summed E-state index contributed by atoms with van der Waals surface area (Å²) in [5.41, 5.74) is 1.08. The molecule has 1 heterocycles. The van der Waals surface area contributed by atoms with Gasteiger partial charge in [0.2, 0.25) is 0 Å². The smallest absolute Gasteiger partial charge is 0.165 e. The molecule has 0 saturated heterocycles. The first-order valence-corrected chi connectivity index (χ1v) is 13.3. The topological polar surface area (TPSA) is 30.0 Å². The highest BCUT2D eigenvalue weighted by atomic mass is 32.4. The fourth-order valence-electron chi connectivity index (χ4n) is 2.12. The lowest BCUT2D eigenvalue weighted by molar-refractivity contribution is -0.111. The normalized spacial score (nSPS) is 14.9. The summed E-state index contributed by atoms with van der Waals surface area (Å²) in [4.78, 5) is 17.3. The second kappa shape index (κ2) is 7.59. The van der Waals surface area contributed by atoms with E-state index in [1.807, 2.05) is 18.3 Å². The number of carbonyl (C=O) groups excluding carboxylic acids is 1. The number of rotatable bonds is 6. The number of hydrogen-bond donors (Lipinski definition) is 1. The van der Waals surface area contributed by atoms with Crippen molar-refractivity contribution in [2.45, 2.75) is 70.8 Å². The van der Waals surface area contributed by atoms with Crippen molar-refractivity contribution < 1.29 is 4.79 Å². The van der Waals surface area contributed by atoms with Crippen molar-refractivity contribution in [1.82, 2.24) is 4.98 Å². The lowest BCUT2D eigenvalue weighted by atomic mass is 10.2. The molecule has 2 nitrogen and oxygen atoms in total. The van der Waals surface area contributed by atoms with E-state index in [2.05, 4.69) is 51.8 Å². The largest absolute Gasteiger partial charge is 0.290 e. The number of hydrogen-bond acceptors (Lipinski definition) is 2. The zero-order valence-corrected chi connectivity index (χ0v) is 16.3. The first kappa shape index (κ1) is 18.4. The summed E-state index contributed by atoms with van der Waals surface area (Å²) in [6, 6.07) is 6.03. The molecule has 0 aliphatic heterocycles. The molecule has 0 aliphatic carbocycles. The average molecular weight is 326 g/mol. The summed E-state index contributed by atoms with van der Waals surface area (Å²) in [6.07, 6.45) is 4.71. The summed E-state index contributed by atoms with van der Waals surface area (Å²) in [6.45, 7) is 13.9. The molecule has 0 aromatic carbocycles. The van der Waals surface area contributed by atoms with E-state index in [1.54, 1.807) is 0 Å². The molecular weight excluding hydrogens is 294 g/mol. The molecule has 0 fully saturated rings. The van der Waals surface area contributed by atoms with Gasteiger partial charge < -0.3 is 0 Å². The zero-order chi connectivity index (χ0) is 16.1. The Labute approximate surface area is 133 Å². The number of thiol groups is 1. The second-order valence-corrected chi connectivity index (χ2v) is 18.5. The van der Waals surface area contributed by atoms with Crippen LogP contribution in [-0.4, -0.2) is 17.3 Å². The molecule has 1 aromatic heterocycles. The SMILES string of the molecule is CCCCC(=O)[SH](Cc1ccccn1)[Si](C)(C)C(C)(C)C. The van der Waals surface area contributed by atoms with Gasteiger partial charge in [-0.2, -0.15) is 0 Å². The van der Waals surface area contributed by atoms with Crippen molar-refractivity contribution in [3.05, 3.63) is 30.1 Å². The van der Waals surface area contributed by atoms with Crippen molar-refractivity contribution in [3.63, 3.8) is 0 Å². The molecule has 1 aromatic rings. The Hall–Kier alpha value is -0.613. The van der Waals surface area contributed by atoms with Crippen LogP contribution in [0.4, 0.5) is 0 Å². The van der Waals surface area contributed by atoms with E-state index < -0.39 is 17.6 Å². The van der Waals surface area contributed by atoms with Crippen molar-refractivity contribution >= 4 is 22.7 Å². The molecule has 1 unspecified atom stereocenters. The van der Waals surface area contributed by atoms with Gasteiger partial charge in [0.25, 0.3) is 0 Å². The van der Waals surface area contributed by atoms with E-state index in [9.17, 15) is 4.79 Å². The molecule has 120 valence electrons. The third-order valence-corrected chi connectivity index (χ3v) is 18.4. The quantitative estimate of drug-likeness (QED) is 0.568. The molecule has 0 spiro atoms. The Morgan fingerprint density at radius 1 is 1.29 bits per heavy atom. The van der Waals surface area contributed by atoms with Crippen LogP contribution in [-0.2, 0) is 10.5 Å². The van der Waals surface area contributed by atoms with Crippen LogP contribution in [0.1, 0.15) is 52.7 Å². The maximum atomic E-state index is 12.8. The fraction of sp³-hybridized carbons (Fsp3) is 0.647. The molecule has 1 rings (SSSR count). The van der Waals surface area contributed by atoms with Crippen LogP contribution in [0.2, 0.25) is 18.1 Å². The van der Waals surface area contributed by atoms with E-state index in [-0.39, 0.29) is 5.04 Å². The molecule has 0 N–H and O–H groups in total. The molecule has 0 bridgehead atoms. The number of unbranched alkanes of at least 4 members (excludes halogenated alkanes) is 1. The minimum atomic E-state index is -1.65. The summed E-state index contributed by atoms with van der Waals surface area (Å²) >= 11 is 0. The number of carbonyl (C=O) groups is 1. The van der Waals surface area contributed by atoms with Crippen molar-refractivity contribution in [2.24, 2.45) is 0 Å². The van der Waals surface area contributed by atoms with Crippen LogP contribution >= 0.6 is 10.3 Å². The van der Waals surface area contributed by atoms with Gasteiger partial charge in [0.05, 0.1) is 0 Å². The predicted molar refractivity (Wildman–Crippen MR) is 98.7 cm³/mol. The Morgan fingerprint density at radius 3 is 2.43 bits per heavy atom. The van der Waals surface area contributed by atoms with E-state index >= 15 is 0 Å². The minimum Gasteiger partial charge on any atom is -0.290 e. The molecule has 1 atom stereocenters. The van der Waals surface area contributed by atoms with E-state index in [0.717, 1.165) is 30.7 Å². The fourth-order valence-corrected chi connectivity index (χ4v) is 11.4. The monoisotopic (exact) mass is 325 g/mol. The summed E-state index contributed by atoms with van der Waals surface area (Å²) in [5.74, 6) is 0.870. The van der Waals surface area contributed by atoms with Gasteiger partial charge >= 0.3 is 0 Å². The minimum absolute atomic E-state index is 0.245. The molecule has 0 aliphatic rings. The van der Waals surface area contributed by atoms with Gasteiger partial charge in [-0.25, -0.2) is 10.3 Å². The zero-order valence-electron chi connectivity index (χ0n) is 14.4. The lowest BCUT2D eigenvalue weighted by Gasteiger charge is -2.44. The van der Waals surface area contributed by atoms with Gasteiger partial charge in [-0.15, -0.1) is 0 Å². The van der Waals surface area contributed by atoms with Gasteiger partial charge in [0.1, 0.15) is 7.22 Å². The van der Waals surface area contributed by atoms with Crippen LogP contribution in [0.5, 0.6) is 0 Å². The van der Waals surface area contributed by atoms with E-state index in [4.69, 9.17) is 0 Å². The number of nitrogens with zero attached hydrogens (tertiary/aromatic N) is 1. The summed E-state index contributed by atoms with van der Waals surface area (Å²) < 4.78 is 0. The molecular formula is C17H31NOSSi. The molecule has 0 saturated carbocycles. The van der Waals surface area contributed by atoms with E-state index in [0.29, 0.717) is 5.12 Å². The van der Waals surface area contributed by atoms with Crippen LogP contribution < -0.4 is 0 Å². The Morgan fingerprint density at radius 2 is 1.95 bits per heavy atom. The molecule has 21 heavy (non-hydrogen) atoms. The van der Waals surface area contributed by atoms with Crippen molar-refractivity contribution in [1.29, 1.82) is 0 Å². The Kier molecular flexibility index (Phi) is 6.66. The van der Waals surface area contributed by atoms with Crippen LogP contribution in [0.3, 0.4) is 0 Å². The summed E-state index contributed by atoms with van der Waals surface area (Å²) in [7, 11) is -2.26. The highest BCUT2D eigenvalue weighted by Crippen LogP contribution is 2.54. The van der Waals surface area contributed by atoms with Gasteiger partial charge in [0, 0.05) is 24.1 Å². The van der Waals surface area contributed by atoms with Gasteiger partial charge in [-0.05, 0) is 23.6 Å². The first-order chi connectivity index (χ1) is 9.70. The average Bonchev–Trinajstić information content (AvgIpc) is 2.42. The Bertz CT molecular complexity index is 454. The van der Waals surface area contributed by atoms with Crippen molar-refractivity contribution in [3.8, 4) is 0 Å². The van der Waals surface area contributed by atoms with Gasteiger partial charge in [-0.3, -0.25) is 9.78 Å². The first-order valence-electron chi connectivity index (χ1n) is 7.90. The molecule has 0 radical (unpaired) electrons. The highest BCUT2D eigenvalue weighted by molar-refractivity contribution is 8.52. The number of pyridine rings is 1. The third kappa shape index (κ3) is 4.96. The van der Waals surface area contributed by atoms with Crippen LogP contribution in [0, 0.1) is 0 Å². The van der Waals surface area contributed by atoms with Crippen LogP contribution in [0.15, 0.2) is 24.4 Å². The summed E-state index contributed by atoms with van der Waals surface area (Å²) in [5, 5.41) is 0.763. The third-order valence-electron chi connectivity index (χ3n) is 4.60. The highest BCUT2D eigenvalue weighted by Gasteiger charge is 2.43. The standard InChI is InChI=1S/C17H31NOSSi/c1-7-8-12-16(19)20(21(5,6)17(2,3)4)14-15-11-9-10-13-18-15/h9-11,13,20H,7-8,12,14H2,1-6H3. The molecule has 0 amide bonds. The number of aromatic nitrogens is 1. The molecule has 4 heteroatoms. The maximum Gasteiger partial charge on any atom is 0.165 e. The second-order valence-electron chi connectivity index (χ2n) is 7.21. The lowest BCUT2D eigenvalue weighted by Crippen LogP contribution is -2.40. The van der Waals surface area contributed by atoms with Crippen LogP contribution in [0.25, 0.3) is 0 Å².